The molecule has 2 aliphatic rings. The summed E-state index contributed by atoms with van der Waals surface area (Å²) in [7, 11) is 0. The molecule has 0 saturated carbocycles. The molecule has 42 heavy (non-hydrogen) atoms. The summed E-state index contributed by atoms with van der Waals surface area (Å²) in [6.07, 6.45) is 2.33. The van der Waals surface area contributed by atoms with Gasteiger partial charge in [-0.2, -0.15) is 0 Å². The molecule has 6 N–H and O–H groups in total. The number of nitrogens with zero attached hydrogens (tertiary/aromatic N) is 1. The van der Waals surface area contributed by atoms with Gasteiger partial charge in [-0.3, -0.25) is 19.2 Å². The van der Waals surface area contributed by atoms with E-state index in [0.717, 1.165) is 29.5 Å². The number of carbonyl (C=O) groups is 4. The topological polar surface area (TPSA) is 148 Å². The van der Waals surface area contributed by atoms with Crippen molar-refractivity contribution in [3.05, 3.63) is 107 Å². The maximum Gasteiger partial charge on any atom is 0.248 e. The number of carbonyl (C=O) groups excluding carboxylic acids is 4. The average molecular weight is 568 g/mol. The van der Waals surface area contributed by atoms with E-state index in [1.807, 2.05) is 48.5 Å². The molecule has 1 aliphatic heterocycles. The van der Waals surface area contributed by atoms with E-state index in [-0.39, 0.29) is 30.2 Å². The zero-order chi connectivity index (χ0) is 29.8. The van der Waals surface area contributed by atoms with E-state index in [4.69, 9.17) is 11.5 Å². The summed E-state index contributed by atoms with van der Waals surface area (Å²) in [6.45, 7) is 1.89. The van der Waals surface area contributed by atoms with E-state index in [2.05, 4.69) is 16.7 Å². The van der Waals surface area contributed by atoms with Crippen molar-refractivity contribution in [1.82, 2.24) is 15.5 Å². The fraction of sp³-hybridized carbons (Fsp3) is 0.333. The van der Waals surface area contributed by atoms with Gasteiger partial charge in [0.05, 0.1) is 12.1 Å². The van der Waals surface area contributed by atoms with Crippen LogP contribution in [0, 0.1) is 0 Å². The lowest BCUT2D eigenvalue weighted by Gasteiger charge is -2.30. The Balaban J connectivity index is 1.41. The van der Waals surface area contributed by atoms with Gasteiger partial charge in [-0.25, -0.2) is 0 Å². The number of amides is 4. The van der Waals surface area contributed by atoms with Gasteiger partial charge in [0.2, 0.25) is 23.6 Å². The molecule has 9 heteroatoms. The monoisotopic (exact) mass is 567 g/mol. The normalized spacial score (nSPS) is 20.8. The minimum absolute atomic E-state index is 0.0404. The van der Waals surface area contributed by atoms with Crippen molar-refractivity contribution in [3.63, 3.8) is 0 Å². The summed E-state index contributed by atoms with van der Waals surface area (Å²) in [6, 6.07) is 21.9. The lowest BCUT2D eigenvalue weighted by atomic mass is 9.96. The lowest BCUT2D eigenvalue weighted by Crippen LogP contribution is -2.56. The largest absolute Gasteiger partial charge is 0.366 e. The van der Waals surface area contributed by atoms with Crippen LogP contribution < -0.4 is 22.1 Å². The second-order valence-corrected chi connectivity index (χ2v) is 11.3. The Morgan fingerprint density at radius 1 is 0.952 bits per heavy atom. The molecule has 4 amide bonds. The summed E-state index contributed by atoms with van der Waals surface area (Å²) in [5.74, 6) is -1.62. The molecule has 1 heterocycles. The van der Waals surface area contributed by atoms with Crippen molar-refractivity contribution in [2.24, 2.45) is 11.5 Å². The SMILES string of the molecule is C[C@H](N)C(=O)N[C@@H](Cc1ccc(C(N)=O)cc1)C(=O)N1C[C@@H](c2ccccc2)C[C@H]1C(=O)N[C@@H]1CCc2ccccc21. The summed E-state index contributed by atoms with van der Waals surface area (Å²) >= 11 is 0. The van der Waals surface area contributed by atoms with Crippen molar-refractivity contribution >= 4 is 23.6 Å². The molecule has 0 bridgehead atoms. The predicted octanol–water partition coefficient (Wildman–Crippen LogP) is 2.35. The molecule has 5 rings (SSSR count). The van der Waals surface area contributed by atoms with Crippen molar-refractivity contribution < 1.29 is 19.2 Å². The first-order chi connectivity index (χ1) is 20.2. The van der Waals surface area contributed by atoms with E-state index in [1.165, 1.54) is 5.56 Å². The highest BCUT2D eigenvalue weighted by atomic mass is 16.2. The van der Waals surface area contributed by atoms with Gasteiger partial charge in [-0.05, 0) is 60.6 Å². The van der Waals surface area contributed by atoms with E-state index >= 15 is 0 Å². The van der Waals surface area contributed by atoms with Crippen LogP contribution in [-0.2, 0) is 27.2 Å². The summed E-state index contributed by atoms with van der Waals surface area (Å²) in [5.41, 5.74) is 15.7. The molecular formula is C33H37N5O4. The first kappa shape index (κ1) is 29.0. The molecular weight excluding hydrogens is 530 g/mol. The number of fused-ring (bicyclic) bond motifs is 1. The number of rotatable bonds is 9. The molecule has 0 aromatic heterocycles. The third kappa shape index (κ3) is 6.36. The average Bonchev–Trinajstić information content (AvgIpc) is 3.62. The van der Waals surface area contributed by atoms with E-state index in [1.54, 1.807) is 36.1 Å². The quantitative estimate of drug-likeness (QED) is 0.313. The zero-order valence-electron chi connectivity index (χ0n) is 23.7. The fourth-order valence-corrected chi connectivity index (χ4v) is 6.01. The number of aryl methyl sites for hydroxylation is 1. The number of hydrogen-bond acceptors (Lipinski definition) is 5. The van der Waals surface area contributed by atoms with Crippen LogP contribution in [0.4, 0.5) is 0 Å². The second kappa shape index (κ2) is 12.6. The van der Waals surface area contributed by atoms with Crippen LogP contribution in [0.15, 0.2) is 78.9 Å². The van der Waals surface area contributed by atoms with Crippen LogP contribution in [-0.4, -0.2) is 53.2 Å². The van der Waals surface area contributed by atoms with Crippen LogP contribution >= 0.6 is 0 Å². The minimum atomic E-state index is -0.958. The number of nitrogens with one attached hydrogen (secondary N) is 2. The van der Waals surface area contributed by atoms with Gasteiger partial charge in [-0.15, -0.1) is 0 Å². The second-order valence-electron chi connectivity index (χ2n) is 11.3. The van der Waals surface area contributed by atoms with E-state index < -0.39 is 29.9 Å². The van der Waals surface area contributed by atoms with Gasteiger partial charge in [0.25, 0.3) is 0 Å². The van der Waals surface area contributed by atoms with Crippen molar-refractivity contribution in [3.8, 4) is 0 Å². The maximum atomic E-state index is 14.2. The Kier molecular flexibility index (Phi) is 8.68. The molecule has 0 unspecified atom stereocenters. The molecule has 3 aromatic carbocycles. The Hall–Kier alpha value is -4.50. The highest BCUT2D eigenvalue weighted by Gasteiger charge is 2.43. The maximum absolute atomic E-state index is 14.2. The Morgan fingerprint density at radius 3 is 2.33 bits per heavy atom. The highest BCUT2D eigenvalue weighted by molar-refractivity contribution is 5.94. The smallest absolute Gasteiger partial charge is 0.248 e. The summed E-state index contributed by atoms with van der Waals surface area (Å²) < 4.78 is 0. The van der Waals surface area contributed by atoms with Gasteiger partial charge in [0.1, 0.15) is 12.1 Å². The zero-order valence-corrected chi connectivity index (χ0v) is 23.7. The van der Waals surface area contributed by atoms with Crippen LogP contribution in [0.3, 0.4) is 0 Å². The molecule has 218 valence electrons. The van der Waals surface area contributed by atoms with Crippen molar-refractivity contribution in [1.29, 1.82) is 0 Å². The predicted molar refractivity (Wildman–Crippen MR) is 159 cm³/mol. The number of benzene rings is 3. The lowest BCUT2D eigenvalue weighted by molar-refractivity contribution is -0.141. The fourth-order valence-electron chi connectivity index (χ4n) is 6.01. The van der Waals surface area contributed by atoms with Gasteiger partial charge >= 0.3 is 0 Å². The molecule has 5 atom stereocenters. The minimum Gasteiger partial charge on any atom is -0.366 e. The van der Waals surface area contributed by atoms with Crippen LogP contribution in [0.1, 0.15) is 64.3 Å². The molecule has 1 fully saturated rings. The third-order valence-corrected chi connectivity index (χ3v) is 8.31. The number of nitrogens with two attached hydrogens (primary N) is 2. The molecule has 0 radical (unpaired) electrons. The molecule has 9 nitrogen and oxygen atoms in total. The van der Waals surface area contributed by atoms with Gasteiger partial charge < -0.3 is 27.0 Å². The van der Waals surface area contributed by atoms with Crippen LogP contribution in [0.2, 0.25) is 0 Å². The van der Waals surface area contributed by atoms with E-state index in [0.29, 0.717) is 18.5 Å². The molecule has 1 saturated heterocycles. The molecule has 1 aliphatic carbocycles. The van der Waals surface area contributed by atoms with Gasteiger partial charge in [-0.1, -0.05) is 66.7 Å². The van der Waals surface area contributed by atoms with E-state index in [9.17, 15) is 19.2 Å². The van der Waals surface area contributed by atoms with Crippen molar-refractivity contribution in [2.75, 3.05) is 6.54 Å². The van der Waals surface area contributed by atoms with Crippen molar-refractivity contribution in [2.45, 2.75) is 62.7 Å². The molecule has 3 aromatic rings. The van der Waals surface area contributed by atoms with Gasteiger partial charge in [0.15, 0.2) is 0 Å². The summed E-state index contributed by atoms with van der Waals surface area (Å²) in [4.78, 5) is 53.9. The summed E-state index contributed by atoms with van der Waals surface area (Å²) in [5, 5.41) is 6.02. The van der Waals surface area contributed by atoms with Crippen LogP contribution in [0.25, 0.3) is 0 Å². The first-order valence-electron chi connectivity index (χ1n) is 14.4. The standard InChI is InChI=1S/C33H37N5O4/c1-20(34)31(40)37-28(17-21-11-13-24(14-12-21)30(35)39)33(42)38-19-25(22-7-3-2-4-8-22)18-29(38)32(41)36-27-16-15-23-9-5-6-10-26(23)27/h2-14,20,25,27-29H,15-19,34H2,1H3,(H2,35,39)(H,36,41)(H,37,40)/t20-,25-,27+,28-,29-/m0/s1. The Bertz CT molecular complexity index is 1460. The number of likely N-dealkylation sites (tertiary alicyclic amines) is 1. The highest BCUT2D eigenvalue weighted by Crippen LogP contribution is 2.35. The Morgan fingerprint density at radius 2 is 1.64 bits per heavy atom. The first-order valence-corrected chi connectivity index (χ1v) is 14.4. The number of primary amides is 1. The Labute approximate surface area is 245 Å². The third-order valence-electron chi connectivity index (χ3n) is 8.31. The van der Waals surface area contributed by atoms with Crippen LogP contribution in [0.5, 0.6) is 0 Å². The molecule has 0 spiro atoms. The number of hydrogen-bond donors (Lipinski definition) is 4. The van der Waals surface area contributed by atoms with Gasteiger partial charge in [0, 0.05) is 24.4 Å².